The molecule has 4 heteroatoms. The molecule has 0 unspecified atom stereocenters. The van der Waals surface area contributed by atoms with Crippen molar-refractivity contribution in [2.24, 2.45) is 0 Å². The third-order valence-corrected chi connectivity index (χ3v) is 3.29. The molecule has 0 saturated carbocycles. The van der Waals surface area contributed by atoms with Gasteiger partial charge in [0.1, 0.15) is 5.75 Å². The van der Waals surface area contributed by atoms with E-state index >= 15 is 0 Å². The SMILES string of the molecule is CNCCCOc1cccc(-c2cccc(CC(=O)O)c2)c1. The number of rotatable bonds is 8. The van der Waals surface area contributed by atoms with Crippen molar-refractivity contribution in [2.45, 2.75) is 12.8 Å². The molecular formula is C18H21NO3. The van der Waals surface area contributed by atoms with Gasteiger partial charge in [-0.15, -0.1) is 0 Å². The molecule has 0 aliphatic rings. The van der Waals surface area contributed by atoms with Gasteiger partial charge in [-0.2, -0.15) is 0 Å². The van der Waals surface area contributed by atoms with E-state index in [2.05, 4.69) is 5.32 Å². The van der Waals surface area contributed by atoms with Crippen LogP contribution in [-0.4, -0.2) is 31.3 Å². The maximum atomic E-state index is 10.8. The molecule has 22 heavy (non-hydrogen) atoms. The van der Waals surface area contributed by atoms with Gasteiger partial charge in [0.05, 0.1) is 13.0 Å². The van der Waals surface area contributed by atoms with Crippen LogP contribution in [-0.2, 0) is 11.2 Å². The van der Waals surface area contributed by atoms with Crippen molar-refractivity contribution < 1.29 is 14.6 Å². The Labute approximate surface area is 130 Å². The quantitative estimate of drug-likeness (QED) is 0.736. The fourth-order valence-corrected chi connectivity index (χ4v) is 2.24. The molecule has 0 fully saturated rings. The molecule has 2 N–H and O–H groups in total. The molecule has 2 aromatic rings. The van der Waals surface area contributed by atoms with Gasteiger partial charge >= 0.3 is 5.97 Å². The highest BCUT2D eigenvalue weighted by atomic mass is 16.5. The molecule has 4 nitrogen and oxygen atoms in total. The lowest BCUT2D eigenvalue weighted by Crippen LogP contribution is -2.11. The molecule has 116 valence electrons. The van der Waals surface area contributed by atoms with Crippen LogP contribution < -0.4 is 10.1 Å². The highest BCUT2D eigenvalue weighted by molar-refractivity contribution is 5.72. The van der Waals surface area contributed by atoms with Crippen LogP contribution in [0.25, 0.3) is 11.1 Å². The summed E-state index contributed by atoms with van der Waals surface area (Å²) in [5.41, 5.74) is 2.82. The summed E-state index contributed by atoms with van der Waals surface area (Å²) >= 11 is 0. The predicted molar refractivity (Wildman–Crippen MR) is 87.3 cm³/mol. The van der Waals surface area contributed by atoms with Gasteiger partial charge in [-0.3, -0.25) is 4.79 Å². The molecular weight excluding hydrogens is 278 g/mol. The zero-order chi connectivity index (χ0) is 15.8. The van der Waals surface area contributed by atoms with Crippen LogP contribution in [0.2, 0.25) is 0 Å². The number of hydrogen-bond acceptors (Lipinski definition) is 3. The van der Waals surface area contributed by atoms with E-state index in [0.29, 0.717) is 6.61 Å². The van der Waals surface area contributed by atoms with Crippen LogP contribution in [0.1, 0.15) is 12.0 Å². The predicted octanol–water partition coefficient (Wildman–Crippen LogP) is 2.97. The second-order valence-electron chi connectivity index (χ2n) is 5.10. The number of carboxylic acid groups (broad SMARTS) is 1. The smallest absolute Gasteiger partial charge is 0.307 e. The summed E-state index contributed by atoms with van der Waals surface area (Å²) in [6.45, 7) is 1.60. The van der Waals surface area contributed by atoms with E-state index in [1.54, 1.807) is 0 Å². The first-order valence-electron chi connectivity index (χ1n) is 7.37. The number of hydrogen-bond donors (Lipinski definition) is 2. The minimum absolute atomic E-state index is 0.0358. The highest BCUT2D eigenvalue weighted by Crippen LogP contribution is 2.25. The minimum atomic E-state index is -0.821. The maximum absolute atomic E-state index is 10.8. The van der Waals surface area contributed by atoms with Gasteiger partial charge < -0.3 is 15.2 Å². The molecule has 0 saturated heterocycles. The minimum Gasteiger partial charge on any atom is -0.494 e. The summed E-state index contributed by atoms with van der Waals surface area (Å²) in [6.07, 6.45) is 0.989. The highest BCUT2D eigenvalue weighted by Gasteiger charge is 2.04. The Bertz CT molecular complexity index is 625. The Morgan fingerprint density at radius 2 is 1.86 bits per heavy atom. The zero-order valence-corrected chi connectivity index (χ0v) is 12.7. The van der Waals surface area contributed by atoms with Gasteiger partial charge in [0.25, 0.3) is 0 Å². The summed E-state index contributed by atoms with van der Waals surface area (Å²) in [4.78, 5) is 10.8. The second-order valence-corrected chi connectivity index (χ2v) is 5.10. The van der Waals surface area contributed by atoms with Crippen molar-refractivity contribution in [3.8, 4) is 16.9 Å². The molecule has 2 rings (SSSR count). The number of carboxylic acids is 1. The first kappa shape index (κ1) is 16.0. The van der Waals surface area contributed by atoms with Crippen molar-refractivity contribution in [3.05, 3.63) is 54.1 Å². The third-order valence-electron chi connectivity index (χ3n) is 3.29. The number of ether oxygens (including phenoxy) is 1. The molecule has 0 amide bonds. The van der Waals surface area contributed by atoms with Gasteiger partial charge in [0.2, 0.25) is 0 Å². The van der Waals surface area contributed by atoms with Crippen LogP contribution in [0.5, 0.6) is 5.75 Å². The molecule has 0 atom stereocenters. The molecule has 0 spiro atoms. The normalized spacial score (nSPS) is 10.4. The number of aliphatic carboxylic acids is 1. The molecule has 0 aromatic heterocycles. The van der Waals surface area contributed by atoms with Crippen LogP contribution >= 0.6 is 0 Å². The topological polar surface area (TPSA) is 58.6 Å². The summed E-state index contributed by atoms with van der Waals surface area (Å²) in [7, 11) is 1.92. The van der Waals surface area contributed by atoms with Crippen LogP contribution in [0.3, 0.4) is 0 Å². The van der Waals surface area contributed by atoms with Gasteiger partial charge in [-0.05, 0) is 48.8 Å². The van der Waals surface area contributed by atoms with Gasteiger partial charge in [-0.25, -0.2) is 0 Å². The summed E-state index contributed by atoms with van der Waals surface area (Å²) in [6, 6.07) is 15.5. The van der Waals surface area contributed by atoms with Crippen LogP contribution in [0.15, 0.2) is 48.5 Å². The molecule has 0 radical (unpaired) electrons. The Balaban J connectivity index is 2.10. The summed E-state index contributed by atoms with van der Waals surface area (Å²) in [5.74, 6) is 0.0102. The van der Waals surface area contributed by atoms with E-state index in [0.717, 1.165) is 35.4 Å². The molecule has 0 aliphatic carbocycles. The lowest BCUT2D eigenvalue weighted by molar-refractivity contribution is -0.136. The molecule has 0 bridgehead atoms. The third kappa shape index (κ3) is 4.90. The van der Waals surface area contributed by atoms with E-state index in [9.17, 15) is 4.79 Å². The van der Waals surface area contributed by atoms with E-state index in [-0.39, 0.29) is 6.42 Å². The van der Waals surface area contributed by atoms with E-state index in [4.69, 9.17) is 9.84 Å². The number of benzene rings is 2. The lowest BCUT2D eigenvalue weighted by Gasteiger charge is -2.09. The average molecular weight is 299 g/mol. The second kappa shape index (κ2) is 8.20. The maximum Gasteiger partial charge on any atom is 0.307 e. The van der Waals surface area contributed by atoms with Crippen LogP contribution in [0, 0.1) is 0 Å². The zero-order valence-electron chi connectivity index (χ0n) is 12.7. The Kier molecular flexibility index (Phi) is 5.98. The summed E-state index contributed by atoms with van der Waals surface area (Å²) < 4.78 is 5.73. The van der Waals surface area contributed by atoms with Crippen molar-refractivity contribution in [2.75, 3.05) is 20.2 Å². The molecule has 0 heterocycles. The standard InChI is InChI=1S/C18H21NO3/c1-19-9-4-10-22-17-8-3-7-16(13-17)15-6-2-5-14(11-15)12-18(20)21/h2-3,5-8,11,13,19H,4,9-10,12H2,1H3,(H,20,21). The average Bonchev–Trinajstić information content (AvgIpc) is 2.52. The summed E-state index contributed by atoms with van der Waals surface area (Å²) in [5, 5.41) is 12.0. The first-order valence-corrected chi connectivity index (χ1v) is 7.37. The monoisotopic (exact) mass is 299 g/mol. The van der Waals surface area contributed by atoms with Crippen molar-refractivity contribution in [1.29, 1.82) is 0 Å². The van der Waals surface area contributed by atoms with Gasteiger partial charge in [0.15, 0.2) is 0 Å². The molecule has 2 aromatic carbocycles. The largest absolute Gasteiger partial charge is 0.494 e. The van der Waals surface area contributed by atoms with Gasteiger partial charge in [0, 0.05) is 0 Å². The Hall–Kier alpha value is -2.33. The Morgan fingerprint density at radius 1 is 1.14 bits per heavy atom. The first-order chi connectivity index (χ1) is 10.7. The van der Waals surface area contributed by atoms with Gasteiger partial charge in [-0.1, -0.05) is 36.4 Å². The fourth-order valence-electron chi connectivity index (χ4n) is 2.24. The number of nitrogens with one attached hydrogen (secondary N) is 1. The fraction of sp³-hybridized carbons (Fsp3) is 0.278. The number of carbonyl (C=O) groups is 1. The van der Waals surface area contributed by atoms with E-state index in [1.165, 1.54) is 0 Å². The molecule has 0 aliphatic heterocycles. The Morgan fingerprint density at radius 3 is 2.59 bits per heavy atom. The van der Waals surface area contributed by atoms with Crippen molar-refractivity contribution in [1.82, 2.24) is 5.32 Å². The van der Waals surface area contributed by atoms with Crippen molar-refractivity contribution in [3.63, 3.8) is 0 Å². The van der Waals surface area contributed by atoms with E-state index < -0.39 is 5.97 Å². The van der Waals surface area contributed by atoms with E-state index in [1.807, 2.05) is 55.6 Å². The van der Waals surface area contributed by atoms with Crippen molar-refractivity contribution >= 4 is 5.97 Å². The lowest BCUT2D eigenvalue weighted by atomic mass is 10.0. The van der Waals surface area contributed by atoms with Crippen LogP contribution in [0.4, 0.5) is 0 Å².